The van der Waals surface area contributed by atoms with E-state index in [1.54, 1.807) is 0 Å². The van der Waals surface area contributed by atoms with Crippen molar-refractivity contribution in [3.05, 3.63) is 0 Å². The Labute approximate surface area is 53.8 Å². The third-order valence-corrected chi connectivity index (χ3v) is 2.21. The van der Waals surface area contributed by atoms with Gasteiger partial charge in [-0.05, 0) is 24.6 Å². The summed E-state index contributed by atoms with van der Waals surface area (Å²) in [6.07, 6.45) is 1.01. The minimum Gasteiger partial charge on any atom is -0.615 e. The highest BCUT2D eigenvalue weighted by molar-refractivity contribution is 7.91. The van der Waals surface area contributed by atoms with Crippen molar-refractivity contribution < 1.29 is 4.55 Å². The van der Waals surface area contributed by atoms with E-state index >= 15 is 0 Å². The van der Waals surface area contributed by atoms with E-state index in [4.69, 9.17) is 0 Å². The van der Waals surface area contributed by atoms with Crippen molar-refractivity contribution >= 4 is 11.2 Å². The van der Waals surface area contributed by atoms with Crippen LogP contribution in [0.25, 0.3) is 0 Å². The van der Waals surface area contributed by atoms with Gasteiger partial charge < -0.3 is 4.55 Å². The van der Waals surface area contributed by atoms with E-state index in [0.717, 1.165) is 12.2 Å². The van der Waals surface area contributed by atoms with E-state index in [1.807, 2.05) is 14.0 Å². The zero-order valence-corrected chi connectivity index (χ0v) is 6.25. The molecular formula is C5H13NOS. The Morgan fingerprint density at radius 3 is 2.62 bits per heavy atom. The van der Waals surface area contributed by atoms with Crippen LogP contribution in [0.1, 0.15) is 13.3 Å². The van der Waals surface area contributed by atoms with E-state index in [0.29, 0.717) is 5.88 Å². The van der Waals surface area contributed by atoms with Gasteiger partial charge in [-0.25, -0.2) is 0 Å². The van der Waals surface area contributed by atoms with Crippen molar-refractivity contribution in [3.8, 4) is 0 Å². The van der Waals surface area contributed by atoms with E-state index in [1.165, 1.54) is 0 Å². The third-order valence-electron chi connectivity index (χ3n) is 0.737. The summed E-state index contributed by atoms with van der Waals surface area (Å²) < 4.78 is 10.7. The molecule has 0 aliphatic carbocycles. The fourth-order valence-corrected chi connectivity index (χ4v) is 1.38. The SMILES string of the molecule is CCC[S+]([O-])CNC. The summed E-state index contributed by atoms with van der Waals surface area (Å²) in [5.74, 6) is 1.45. The lowest BCUT2D eigenvalue weighted by atomic mass is 10.6. The van der Waals surface area contributed by atoms with Gasteiger partial charge in [-0.2, -0.15) is 0 Å². The van der Waals surface area contributed by atoms with Gasteiger partial charge in [-0.15, -0.1) is 0 Å². The van der Waals surface area contributed by atoms with Crippen LogP contribution in [0.2, 0.25) is 0 Å². The van der Waals surface area contributed by atoms with Crippen LogP contribution in [0.15, 0.2) is 0 Å². The monoisotopic (exact) mass is 135 g/mol. The number of hydrogen-bond donors (Lipinski definition) is 1. The molecule has 0 bridgehead atoms. The lowest BCUT2D eigenvalue weighted by molar-refractivity contribution is 0.589. The molecule has 1 unspecified atom stereocenters. The van der Waals surface area contributed by atoms with Crippen LogP contribution >= 0.6 is 0 Å². The van der Waals surface area contributed by atoms with Gasteiger partial charge in [0.05, 0.1) is 0 Å². The summed E-state index contributed by atoms with van der Waals surface area (Å²) in [5, 5.41) is 2.85. The molecule has 3 heteroatoms. The topological polar surface area (TPSA) is 35.1 Å². The van der Waals surface area contributed by atoms with Crippen LogP contribution in [0, 0.1) is 0 Å². The molecule has 0 aliphatic rings. The summed E-state index contributed by atoms with van der Waals surface area (Å²) >= 11 is -0.631. The van der Waals surface area contributed by atoms with Crippen molar-refractivity contribution in [2.45, 2.75) is 13.3 Å². The molecule has 0 saturated heterocycles. The van der Waals surface area contributed by atoms with Crippen LogP contribution in [0.4, 0.5) is 0 Å². The summed E-state index contributed by atoms with van der Waals surface area (Å²) in [6, 6.07) is 0. The maximum atomic E-state index is 10.7. The van der Waals surface area contributed by atoms with Crippen LogP contribution in [-0.2, 0) is 11.2 Å². The number of nitrogens with one attached hydrogen (secondary N) is 1. The second-order valence-corrected chi connectivity index (χ2v) is 3.22. The van der Waals surface area contributed by atoms with Crippen molar-refractivity contribution in [3.63, 3.8) is 0 Å². The lowest BCUT2D eigenvalue weighted by Gasteiger charge is -2.07. The smallest absolute Gasteiger partial charge is 0.156 e. The summed E-state index contributed by atoms with van der Waals surface area (Å²) in [5.41, 5.74) is 0. The molecule has 0 radical (unpaired) electrons. The lowest BCUT2D eigenvalue weighted by Crippen LogP contribution is -2.21. The van der Waals surface area contributed by atoms with Crippen molar-refractivity contribution in [2.24, 2.45) is 0 Å². The molecule has 50 valence electrons. The van der Waals surface area contributed by atoms with Crippen LogP contribution in [-0.4, -0.2) is 23.2 Å². The normalized spacial score (nSPS) is 13.9. The quantitative estimate of drug-likeness (QED) is 0.563. The fraction of sp³-hybridized carbons (Fsp3) is 1.00. The molecule has 1 N–H and O–H groups in total. The highest BCUT2D eigenvalue weighted by Gasteiger charge is 1.98. The van der Waals surface area contributed by atoms with Gasteiger partial charge in [-0.3, -0.25) is 5.32 Å². The van der Waals surface area contributed by atoms with Gasteiger partial charge in [0.15, 0.2) is 5.88 Å². The summed E-state index contributed by atoms with van der Waals surface area (Å²) in [4.78, 5) is 0. The van der Waals surface area contributed by atoms with Gasteiger partial charge in [0.1, 0.15) is 5.75 Å². The van der Waals surface area contributed by atoms with Gasteiger partial charge in [-0.1, -0.05) is 6.92 Å². The van der Waals surface area contributed by atoms with E-state index in [-0.39, 0.29) is 0 Å². The predicted molar refractivity (Wildman–Crippen MR) is 37.2 cm³/mol. The first-order valence-corrected chi connectivity index (χ1v) is 4.29. The molecular weight excluding hydrogens is 122 g/mol. The molecule has 8 heavy (non-hydrogen) atoms. The Hall–Kier alpha value is 0.270. The summed E-state index contributed by atoms with van der Waals surface area (Å²) in [7, 11) is 1.81. The molecule has 0 aliphatic heterocycles. The molecule has 1 atom stereocenters. The Balaban J connectivity index is 2.92. The average molecular weight is 135 g/mol. The standard InChI is InChI=1S/C5H13NOS/c1-3-4-8(7)5-6-2/h6H,3-5H2,1-2H3. The number of hydrogen-bond acceptors (Lipinski definition) is 2. The van der Waals surface area contributed by atoms with Gasteiger partial charge in [0.2, 0.25) is 0 Å². The first kappa shape index (κ1) is 8.27. The van der Waals surface area contributed by atoms with Crippen molar-refractivity contribution in [1.29, 1.82) is 0 Å². The van der Waals surface area contributed by atoms with Crippen molar-refractivity contribution in [2.75, 3.05) is 18.7 Å². The zero-order chi connectivity index (χ0) is 6.41. The molecule has 0 aromatic rings. The molecule has 0 rings (SSSR count). The van der Waals surface area contributed by atoms with E-state index in [2.05, 4.69) is 5.32 Å². The molecule has 0 fully saturated rings. The predicted octanol–water partition coefficient (Wildman–Crippen LogP) is 0.322. The molecule has 0 heterocycles. The fourth-order valence-electron chi connectivity index (χ4n) is 0.461. The Morgan fingerprint density at radius 1 is 1.62 bits per heavy atom. The third kappa shape index (κ3) is 4.43. The minimum atomic E-state index is -0.631. The Kier molecular flexibility index (Phi) is 5.59. The maximum absolute atomic E-state index is 10.7. The van der Waals surface area contributed by atoms with E-state index in [9.17, 15) is 4.55 Å². The summed E-state index contributed by atoms with van der Waals surface area (Å²) in [6.45, 7) is 2.04. The number of rotatable bonds is 4. The molecule has 0 aromatic carbocycles. The molecule has 2 nitrogen and oxygen atoms in total. The largest absolute Gasteiger partial charge is 0.615 e. The van der Waals surface area contributed by atoms with Gasteiger partial charge in [0.25, 0.3) is 0 Å². The van der Waals surface area contributed by atoms with Gasteiger partial charge in [0, 0.05) is 0 Å². The maximum Gasteiger partial charge on any atom is 0.156 e. The Bertz CT molecular complexity index is 45.7. The highest BCUT2D eigenvalue weighted by atomic mass is 32.2. The van der Waals surface area contributed by atoms with Crippen LogP contribution in [0.5, 0.6) is 0 Å². The molecule has 0 spiro atoms. The zero-order valence-electron chi connectivity index (χ0n) is 5.44. The Morgan fingerprint density at radius 2 is 2.25 bits per heavy atom. The highest BCUT2D eigenvalue weighted by Crippen LogP contribution is 1.89. The molecule has 0 aromatic heterocycles. The second kappa shape index (κ2) is 5.41. The minimum absolute atomic E-state index is 0.631. The second-order valence-electron chi connectivity index (χ2n) is 1.64. The molecule has 0 amide bonds. The van der Waals surface area contributed by atoms with Crippen LogP contribution in [0.3, 0.4) is 0 Å². The van der Waals surface area contributed by atoms with Crippen LogP contribution < -0.4 is 5.32 Å². The molecule has 0 saturated carbocycles. The van der Waals surface area contributed by atoms with Crippen molar-refractivity contribution in [1.82, 2.24) is 5.32 Å². The van der Waals surface area contributed by atoms with E-state index < -0.39 is 11.2 Å². The first-order valence-electron chi connectivity index (χ1n) is 2.80. The van der Waals surface area contributed by atoms with Gasteiger partial charge >= 0.3 is 0 Å². The first-order chi connectivity index (χ1) is 3.81. The average Bonchev–Trinajstić information content (AvgIpc) is 1.68.